The minimum Gasteiger partial charge on any atom is -0.298 e. The highest BCUT2D eigenvalue weighted by Gasteiger charge is 2.15. The average Bonchev–Trinajstić information content (AvgIpc) is 2.61. The van der Waals surface area contributed by atoms with E-state index in [1.54, 1.807) is 0 Å². The van der Waals surface area contributed by atoms with E-state index in [0.717, 1.165) is 10.6 Å². The van der Waals surface area contributed by atoms with Gasteiger partial charge in [0.15, 0.2) is 15.4 Å². The van der Waals surface area contributed by atoms with Crippen molar-refractivity contribution >= 4 is 45.6 Å². The van der Waals surface area contributed by atoms with Crippen LogP contribution in [-0.2, 0) is 0 Å². The van der Waals surface area contributed by atoms with Crippen LogP contribution in [0.4, 0.5) is 5.13 Å². The number of amides is 1. The summed E-state index contributed by atoms with van der Waals surface area (Å²) in [6.45, 7) is 3.81. The molecule has 2 aromatic rings. The molecule has 0 atom stereocenters. The number of carbonyl (C=O) groups excluding carboxylic acids is 1. The maximum atomic E-state index is 12.0. The topological polar surface area (TPSA) is 67.8 Å². The zero-order valence-electron chi connectivity index (χ0n) is 9.49. The first-order valence-electron chi connectivity index (χ1n) is 4.91. The van der Waals surface area contributed by atoms with Crippen LogP contribution in [0.1, 0.15) is 20.9 Å². The van der Waals surface area contributed by atoms with Crippen molar-refractivity contribution in [3.63, 3.8) is 0 Å². The maximum Gasteiger partial charge on any atom is 0.260 e. The Morgan fingerprint density at radius 1 is 1.33 bits per heavy atom. The van der Waals surface area contributed by atoms with Crippen LogP contribution in [0.15, 0.2) is 6.07 Å². The Hall–Kier alpha value is -1.24. The highest BCUT2D eigenvalue weighted by molar-refractivity contribution is 7.15. The number of anilines is 1. The number of halogens is 2. The molecule has 0 saturated carbocycles. The Labute approximate surface area is 117 Å². The van der Waals surface area contributed by atoms with Gasteiger partial charge in [-0.15, -0.1) is 21.5 Å². The first kappa shape index (κ1) is 13.2. The Bertz CT molecular complexity index is 594. The fourth-order valence-corrected chi connectivity index (χ4v) is 2.34. The molecule has 0 aliphatic heterocycles. The first-order chi connectivity index (χ1) is 8.47. The summed E-state index contributed by atoms with van der Waals surface area (Å²) < 4.78 is 0. The molecule has 0 aliphatic rings. The molecule has 0 fully saturated rings. The third-order valence-electron chi connectivity index (χ3n) is 2.21. The molecule has 0 aromatic carbocycles. The summed E-state index contributed by atoms with van der Waals surface area (Å²) in [6, 6.07) is 1.36. The summed E-state index contributed by atoms with van der Waals surface area (Å²) in [5.74, 6) is -0.412. The molecule has 0 bridgehead atoms. The molecule has 2 aromatic heterocycles. The average molecular weight is 303 g/mol. The highest BCUT2D eigenvalue weighted by atomic mass is 35.5. The zero-order chi connectivity index (χ0) is 13.3. The van der Waals surface area contributed by atoms with E-state index in [-0.39, 0.29) is 15.9 Å². The van der Waals surface area contributed by atoms with Gasteiger partial charge in [0.2, 0.25) is 0 Å². The number of hydrogen-bond donors (Lipinski definition) is 1. The Balaban J connectivity index is 2.24. The van der Waals surface area contributed by atoms with Gasteiger partial charge >= 0.3 is 0 Å². The van der Waals surface area contributed by atoms with Crippen LogP contribution in [0.3, 0.4) is 0 Å². The second-order valence-electron chi connectivity index (χ2n) is 3.49. The normalized spacial score (nSPS) is 10.4. The maximum absolute atomic E-state index is 12.0. The fraction of sp³-hybridized carbons (Fsp3) is 0.200. The van der Waals surface area contributed by atoms with E-state index in [9.17, 15) is 4.79 Å². The van der Waals surface area contributed by atoms with Crippen LogP contribution >= 0.6 is 34.5 Å². The lowest BCUT2D eigenvalue weighted by Gasteiger charge is -2.02. The van der Waals surface area contributed by atoms with Crippen LogP contribution in [0, 0.1) is 13.8 Å². The van der Waals surface area contributed by atoms with E-state index in [1.165, 1.54) is 17.4 Å². The van der Waals surface area contributed by atoms with Gasteiger partial charge in [-0.1, -0.05) is 23.2 Å². The molecule has 5 nitrogen and oxygen atoms in total. The number of rotatable bonds is 2. The van der Waals surface area contributed by atoms with Gasteiger partial charge in [-0.05, 0) is 19.9 Å². The Morgan fingerprint density at radius 3 is 2.67 bits per heavy atom. The van der Waals surface area contributed by atoms with E-state index in [4.69, 9.17) is 23.2 Å². The van der Waals surface area contributed by atoms with Crippen LogP contribution in [-0.4, -0.2) is 21.1 Å². The SMILES string of the molecule is Cc1nc(NC(=O)c2cc(Cl)nnc2Cl)sc1C. The van der Waals surface area contributed by atoms with Crippen molar-refractivity contribution < 1.29 is 4.79 Å². The lowest BCUT2D eigenvalue weighted by atomic mass is 10.3. The zero-order valence-corrected chi connectivity index (χ0v) is 11.8. The highest BCUT2D eigenvalue weighted by Crippen LogP contribution is 2.23. The number of hydrogen-bond acceptors (Lipinski definition) is 5. The van der Waals surface area contributed by atoms with Crippen LogP contribution < -0.4 is 5.32 Å². The van der Waals surface area contributed by atoms with Gasteiger partial charge in [0.1, 0.15) is 0 Å². The fourth-order valence-electron chi connectivity index (χ4n) is 1.20. The number of nitrogens with zero attached hydrogens (tertiary/aromatic N) is 3. The molecular formula is C10H8Cl2N4OS. The molecule has 0 saturated heterocycles. The van der Waals surface area contributed by atoms with Gasteiger partial charge < -0.3 is 0 Å². The van der Waals surface area contributed by atoms with Crippen molar-refractivity contribution in [3.8, 4) is 0 Å². The summed E-state index contributed by atoms with van der Waals surface area (Å²) >= 11 is 12.8. The number of nitrogens with one attached hydrogen (secondary N) is 1. The minimum atomic E-state index is -0.412. The summed E-state index contributed by atoms with van der Waals surface area (Å²) in [7, 11) is 0. The lowest BCUT2D eigenvalue weighted by Crippen LogP contribution is -2.13. The van der Waals surface area contributed by atoms with E-state index in [1.807, 2.05) is 13.8 Å². The van der Waals surface area contributed by atoms with E-state index >= 15 is 0 Å². The first-order valence-corrected chi connectivity index (χ1v) is 6.48. The standard InChI is InChI=1S/C10H8Cl2N4OS/c1-4-5(2)18-10(13-4)14-9(17)6-3-7(11)15-16-8(6)12/h3H,1-2H3,(H,13,14,17). The number of carbonyl (C=O) groups is 1. The van der Waals surface area contributed by atoms with Gasteiger partial charge in [0.25, 0.3) is 5.91 Å². The molecular weight excluding hydrogens is 295 g/mol. The number of aryl methyl sites for hydroxylation is 2. The van der Waals surface area contributed by atoms with Gasteiger partial charge in [-0.25, -0.2) is 4.98 Å². The predicted octanol–water partition coefficient (Wildman–Crippen LogP) is 3.11. The quantitative estimate of drug-likeness (QED) is 0.925. The van der Waals surface area contributed by atoms with Gasteiger partial charge in [0.05, 0.1) is 11.3 Å². The smallest absolute Gasteiger partial charge is 0.260 e. The van der Waals surface area contributed by atoms with Crippen LogP contribution in [0.5, 0.6) is 0 Å². The van der Waals surface area contributed by atoms with Crippen LogP contribution in [0.2, 0.25) is 10.3 Å². The van der Waals surface area contributed by atoms with Gasteiger partial charge in [-0.3, -0.25) is 10.1 Å². The monoisotopic (exact) mass is 302 g/mol. The molecule has 0 unspecified atom stereocenters. The lowest BCUT2D eigenvalue weighted by molar-refractivity contribution is 0.102. The molecule has 0 aliphatic carbocycles. The van der Waals surface area contributed by atoms with Crippen LogP contribution in [0.25, 0.3) is 0 Å². The third-order valence-corrected chi connectivity index (χ3v) is 3.66. The van der Waals surface area contributed by atoms with Crippen molar-refractivity contribution in [2.45, 2.75) is 13.8 Å². The molecule has 0 spiro atoms. The Kier molecular flexibility index (Phi) is 3.79. The summed E-state index contributed by atoms with van der Waals surface area (Å²) in [6.07, 6.45) is 0. The molecule has 8 heteroatoms. The van der Waals surface area contributed by atoms with Crippen molar-refractivity contribution in [3.05, 3.63) is 32.5 Å². The van der Waals surface area contributed by atoms with Crippen molar-refractivity contribution in [2.75, 3.05) is 5.32 Å². The van der Waals surface area contributed by atoms with Crippen molar-refractivity contribution in [1.82, 2.24) is 15.2 Å². The Morgan fingerprint density at radius 2 is 2.06 bits per heavy atom. The van der Waals surface area contributed by atoms with Gasteiger partial charge in [-0.2, -0.15) is 0 Å². The van der Waals surface area contributed by atoms with Crippen molar-refractivity contribution in [1.29, 1.82) is 0 Å². The molecule has 94 valence electrons. The van der Waals surface area contributed by atoms with Crippen molar-refractivity contribution in [2.24, 2.45) is 0 Å². The molecule has 2 heterocycles. The van der Waals surface area contributed by atoms with Gasteiger partial charge in [0, 0.05) is 4.88 Å². The largest absolute Gasteiger partial charge is 0.298 e. The number of aromatic nitrogens is 3. The molecule has 0 radical (unpaired) electrons. The second-order valence-corrected chi connectivity index (χ2v) is 5.43. The van der Waals surface area contributed by atoms with E-state index < -0.39 is 5.91 Å². The molecule has 1 amide bonds. The number of thiazole rings is 1. The minimum absolute atomic E-state index is 0.00176. The second kappa shape index (κ2) is 5.17. The molecule has 18 heavy (non-hydrogen) atoms. The van der Waals surface area contributed by atoms with E-state index in [2.05, 4.69) is 20.5 Å². The molecule has 2 rings (SSSR count). The predicted molar refractivity (Wildman–Crippen MR) is 71.6 cm³/mol. The van der Waals surface area contributed by atoms with E-state index in [0.29, 0.717) is 5.13 Å². The molecule has 1 N–H and O–H groups in total. The summed E-state index contributed by atoms with van der Waals surface area (Å²) in [5.41, 5.74) is 1.05. The summed E-state index contributed by atoms with van der Waals surface area (Å²) in [5, 5.41) is 10.4. The third kappa shape index (κ3) is 2.77. The summed E-state index contributed by atoms with van der Waals surface area (Å²) in [4.78, 5) is 17.2.